The summed E-state index contributed by atoms with van der Waals surface area (Å²) in [6.07, 6.45) is 1.96. The molecule has 1 aliphatic carbocycles. The normalized spacial score (nSPS) is 18.4. The molecule has 2 aromatic rings. The van der Waals surface area contributed by atoms with Gasteiger partial charge in [0.05, 0.1) is 11.4 Å². The van der Waals surface area contributed by atoms with Gasteiger partial charge < -0.3 is 10.8 Å². The van der Waals surface area contributed by atoms with Gasteiger partial charge in [-0.15, -0.1) is 0 Å². The number of rotatable bonds is 1. The van der Waals surface area contributed by atoms with Crippen LogP contribution in [0.25, 0.3) is 5.69 Å². The van der Waals surface area contributed by atoms with Crippen LogP contribution in [-0.4, -0.2) is 14.9 Å². The number of hydrogen-bond acceptors (Lipinski definition) is 3. The SMILES string of the molecule is Cc1nn(-c2ccc(O)cc2)c2c1C(N)CC2. The Morgan fingerprint density at radius 2 is 2.06 bits per heavy atom. The van der Waals surface area contributed by atoms with Crippen molar-refractivity contribution in [3.63, 3.8) is 0 Å². The van der Waals surface area contributed by atoms with Gasteiger partial charge in [-0.2, -0.15) is 5.10 Å². The van der Waals surface area contributed by atoms with Gasteiger partial charge in [0, 0.05) is 17.3 Å². The van der Waals surface area contributed by atoms with E-state index < -0.39 is 0 Å². The number of fused-ring (bicyclic) bond motifs is 1. The highest BCUT2D eigenvalue weighted by molar-refractivity contribution is 5.43. The highest BCUT2D eigenvalue weighted by Crippen LogP contribution is 2.33. The van der Waals surface area contributed by atoms with Gasteiger partial charge >= 0.3 is 0 Å². The third-order valence-corrected chi connectivity index (χ3v) is 3.36. The number of aryl methyl sites for hydroxylation is 1. The number of phenols is 1. The van der Waals surface area contributed by atoms with E-state index in [9.17, 15) is 5.11 Å². The number of phenolic OH excluding ortho intramolecular Hbond substituents is 1. The largest absolute Gasteiger partial charge is 0.508 e. The maximum absolute atomic E-state index is 9.29. The molecule has 1 atom stereocenters. The Morgan fingerprint density at radius 3 is 2.76 bits per heavy atom. The van der Waals surface area contributed by atoms with E-state index in [0.29, 0.717) is 0 Å². The van der Waals surface area contributed by atoms with Crippen LogP contribution in [0.5, 0.6) is 5.75 Å². The van der Waals surface area contributed by atoms with Crippen LogP contribution in [0.4, 0.5) is 0 Å². The molecule has 88 valence electrons. The van der Waals surface area contributed by atoms with E-state index in [-0.39, 0.29) is 11.8 Å². The maximum atomic E-state index is 9.29. The van der Waals surface area contributed by atoms with E-state index in [1.54, 1.807) is 12.1 Å². The van der Waals surface area contributed by atoms with E-state index in [0.717, 1.165) is 24.2 Å². The van der Waals surface area contributed by atoms with E-state index >= 15 is 0 Å². The standard InChI is InChI=1S/C13H15N3O/c1-8-13-11(14)6-7-12(13)16(15-8)9-2-4-10(17)5-3-9/h2-5,11,17H,6-7,14H2,1H3. The van der Waals surface area contributed by atoms with Gasteiger partial charge in [-0.3, -0.25) is 0 Å². The van der Waals surface area contributed by atoms with E-state index in [1.165, 1.54) is 11.3 Å². The molecular formula is C13H15N3O. The quantitative estimate of drug-likeness (QED) is 0.784. The molecular weight excluding hydrogens is 214 g/mol. The molecule has 3 N–H and O–H groups in total. The summed E-state index contributed by atoms with van der Waals surface area (Å²) in [5.74, 6) is 0.269. The average Bonchev–Trinajstić information content (AvgIpc) is 2.83. The fourth-order valence-electron chi connectivity index (χ4n) is 2.55. The molecule has 1 heterocycles. The second-order valence-corrected chi connectivity index (χ2v) is 4.52. The fourth-order valence-corrected chi connectivity index (χ4v) is 2.55. The van der Waals surface area contributed by atoms with Gasteiger partial charge in [-0.05, 0) is 44.0 Å². The first kappa shape index (κ1) is 10.4. The molecule has 1 aromatic heterocycles. The molecule has 1 aliphatic rings. The van der Waals surface area contributed by atoms with Crippen molar-refractivity contribution in [1.82, 2.24) is 9.78 Å². The lowest BCUT2D eigenvalue weighted by atomic mass is 10.1. The van der Waals surface area contributed by atoms with Crippen molar-refractivity contribution < 1.29 is 5.11 Å². The highest BCUT2D eigenvalue weighted by Gasteiger charge is 2.27. The van der Waals surface area contributed by atoms with Gasteiger partial charge in [-0.25, -0.2) is 4.68 Å². The highest BCUT2D eigenvalue weighted by atomic mass is 16.3. The molecule has 4 nitrogen and oxygen atoms in total. The zero-order valence-electron chi connectivity index (χ0n) is 9.72. The molecule has 0 spiro atoms. The Bertz CT molecular complexity index is 557. The van der Waals surface area contributed by atoms with Crippen LogP contribution in [0.3, 0.4) is 0 Å². The number of hydrogen-bond donors (Lipinski definition) is 2. The third-order valence-electron chi connectivity index (χ3n) is 3.36. The minimum absolute atomic E-state index is 0.121. The lowest BCUT2D eigenvalue weighted by Crippen LogP contribution is -2.06. The molecule has 0 bridgehead atoms. The maximum Gasteiger partial charge on any atom is 0.115 e. The van der Waals surface area contributed by atoms with Crippen molar-refractivity contribution in [2.45, 2.75) is 25.8 Å². The zero-order valence-corrected chi connectivity index (χ0v) is 9.72. The first-order valence-corrected chi connectivity index (χ1v) is 5.80. The summed E-state index contributed by atoms with van der Waals surface area (Å²) in [5.41, 5.74) is 10.5. The second-order valence-electron chi connectivity index (χ2n) is 4.52. The van der Waals surface area contributed by atoms with Crippen LogP contribution in [-0.2, 0) is 6.42 Å². The smallest absolute Gasteiger partial charge is 0.115 e. The molecule has 0 aliphatic heterocycles. The van der Waals surface area contributed by atoms with Gasteiger partial charge in [0.2, 0.25) is 0 Å². The first-order chi connectivity index (χ1) is 8.16. The number of aromatic nitrogens is 2. The van der Waals surface area contributed by atoms with Crippen LogP contribution in [0.15, 0.2) is 24.3 Å². The van der Waals surface area contributed by atoms with Crippen molar-refractivity contribution in [2.24, 2.45) is 5.73 Å². The molecule has 4 heteroatoms. The molecule has 1 aromatic carbocycles. The van der Waals surface area contributed by atoms with Gasteiger partial charge in [-0.1, -0.05) is 0 Å². The minimum atomic E-state index is 0.121. The summed E-state index contributed by atoms with van der Waals surface area (Å²) in [6.45, 7) is 2.00. The summed E-state index contributed by atoms with van der Waals surface area (Å²) in [5, 5.41) is 13.8. The summed E-state index contributed by atoms with van der Waals surface area (Å²) in [6, 6.07) is 7.20. The van der Waals surface area contributed by atoms with Crippen LogP contribution in [0.2, 0.25) is 0 Å². The number of nitrogens with zero attached hydrogens (tertiary/aromatic N) is 2. The average molecular weight is 229 g/mol. The topological polar surface area (TPSA) is 64.1 Å². The van der Waals surface area contributed by atoms with Crippen LogP contribution >= 0.6 is 0 Å². The fraction of sp³-hybridized carbons (Fsp3) is 0.308. The monoisotopic (exact) mass is 229 g/mol. The first-order valence-electron chi connectivity index (χ1n) is 5.80. The van der Waals surface area contributed by atoms with E-state index in [2.05, 4.69) is 5.10 Å². The zero-order chi connectivity index (χ0) is 12.0. The summed E-state index contributed by atoms with van der Waals surface area (Å²) in [4.78, 5) is 0. The van der Waals surface area contributed by atoms with Crippen LogP contribution in [0.1, 0.15) is 29.4 Å². The van der Waals surface area contributed by atoms with Crippen molar-refractivity contribution >= 4 is 0 Å². The van der Waals surface area contributed by atoms with Crippen molar-refractivity contribution in [3.05, 3.63) is 41.2 Å². The molecule has 0 fully saturated rings. The molecule has 1 unspecified atom stereocenters. The lowest BCUT2D eigenvalue weighted by Gasteiger charge is -2.05. The number of nitrogens with two attached hydrogens (primary N) is 1. The van der Waals surface area contributed by atoms with Crippen molar-refractivity contribution in [1.29, 1.82) is 0 Å². The van der Waals surface area contributed by atoms with Gasteiger partial charge in [0.1, 0.15) is 5.75 Å². The Labute approximate surface area is 99.7 Å². The molecule has 3 rings (SSSR count). The summed E-state index contributed by atoms with van der Waals surface area (Å²) >= 11 is 0. The van der Waals surface area contributed by atoms with Crippen LogP contribution in [0, 0.1) is 6.92 Å². The van der Waals surface area contributed by atoms with E-state index in [4.69, 9.17) is 5.73 Å². The van der Waals surface area contributed by atoms with Crippen molar-refractivity contribution in [2.75, 3.05) is 0 Å². The van der Waals surface area contributed by atoms with Gasteiger partial charge in [0.25, 0.3) is 0 Å². The molecule has 0 saturated heterocycles. The summed E-state index contributed by atoms with van der Waals surface area (Å²) < 4.78 is 1.94. The third kappa shape index (κ3) is 1.52. The number of aromatic hydroxyl groups is 1. The predicted octanol–water partition coefficient (Wildman–Crippen LogP) is 1.83. The molecule has 0 radical (unpaired) electrons. The Kier molecular flexibility index (Phi) is 2.19. The lowest BCUT2D eigenvalue weighted by molar-refractivity contribution is 0.475. The Hall–Kier alpha value is -1.81. The van der Waals surface area contributed by atoms with Crippen LogP contribution < -0.4 is 5.73 Å². The minimum Gasteiger partial charge on any atom is -0.508 e. The molecule has 0 amide bonds. The molecule has 0 saturated carbocycles. The molecule has 17 heavy (non-hydrogen) atoms. The van der Waals surface area contributed by atoms with E-state index in [1.807, 2.05) is 23.7 Å². The Morgan fingerprint density at radius 1 is 1.35 bits per heavy atom. The van der Waals surface area contributed by atoms with Crippen molar-refractivity contribution in [3.8, 4) is 11.4 Å². The Balaban J connectivity index is 2.13. The second kappa shape index (κ2) is 3.60. The summed E-state index contributed by atoms with van der Waals surface area (Å²) in [7, 11) is 0. The number of benzene rings is 1. The predicted molar refractivity (Wildman–Crippen MR) is 65.2 cm³/mol. The van der Waals surface area contributed by atoms with Gasteiger partial charge in [0.15, 0.2) is 0 Å².